The van der Waals surface area contributed by atoms with Gasteiger partial charge in [0.25, 0.3) is 0 Å². The Morgan fingerprint density at radius 1 is 1.16 bits per heavy atom. The number of carbonyl (C=O) groups excluding carboxylic acids is 4. The first kappa shape index (κ1) is 24.3. The fraction of sp³-hybridized carbons (Fsp3) is 0.565. The van der Waals surface area contributed by atoms with Crippen LogP contribution < -0.4 is 10.2 Å². The van der Waals surface area contributed by atoms with E-state index in [9.17, 15) is 19.2 Å². The van der Waals surface area contributed by atoms with Crippen LogP contribution in [0.1, 0.15) is 37.0 Å². The number of carbonyl (C=O) groups is 4. The number of anilines is 1. The van der Waals surface area contributed by atoms with Crippen LogP contribution in [-0.2, 0) is 14.4 Å². The summed E-state index contributed by atoms with van der Waals surface area (Å²) in [5.41, 5.74) is 1.46. The van der Waals surface area contributed by atoms with E-state index in [1.165, 1.54) is 16.9 Å². The van der Waals surface area contributed by atoms with Gasteiger partial charge in [0.2, 0.25) is 0 Å². The van der Waals surface area contributed by atoms with E-state index in [4.69, 9.17) is 0 Å². The molecular formula is C23H33AsN4O4. The second-order valence-corrected chi connectivity index (χ2v) is 9.98. The van der Waals surface area contributed by atoms with Crippen molar-refractivity contribution in [1.29, 1.82) is 0 Å². The third-order valence-corrected chi connectivity index (χ3v) is 6.89. The van der Waals surface area contributed by atoms with Crippen molar-refractivity contribution in [3.8, 4) is 0 Å². The number of nitrogens with one attached hydrogen (secondary N) is 1. The summed E-state index contributed by atoms with van der Waals surface area (Å²) in [6.07, 6.45) is 1.07. The van der Waals surface area contributed by atoms with E-state index < -0.39 is 12.1 Å². The van der Waals surface area contributed by atoms with Gasteiger partial charge in [-0.3, -0.25) is 0 Å². The molecule has 3 amide bonds. The molecule has 32 heavy (non-hydrogen) atoms. The van der Waals surface area contributed by atoms with Crippen LogP contribution in [0.3, 0.4) is 0 Å². The van der Waals surface area contributed by atoms with E-state index in [-0.39, 0.29) is 42.0 Å². The minimum atomic E-state index is -0.721. The number of likely N-dealkylation sites (tertiary alicyclic amines) is 2. The van der Waals surface area contributed by atoms with E-state index in [0.717, 1.165) is 5.69 Å². The van der Waals surface area contributed by atoms with Gasteiger partial charge in [0.05, 0.1) is 0 Å². The van der Waals surface area contributed by atoms with Crippen LogP contribution in [-0.4, -0.2) is 95.5 Å². The molecule has 2 fully saturated rings. The average Bonchev–Trinajstić information content (AvgIpc) is 3.33. The molecule has 1 aromatic rings. The van der Waals surface area contributed by atoms with Crippen LogP contribution >= 0.6 is 0 Å². The number of amides is 3. The van der Waals surface area contributed by atoms with Gasteiger partial charge in [-0.05, 0) is 12.1 Å². The standard InChI is InChI=1S/C23H33AsN4O4/c1-14(2)11-17(25-22(31)15-5-7-16(8-6-15)26(3)4)23(32)27-10-9-18-21(27)19(29)13-28(18)20(30)12-24/h5-8,14,17-18,21H,9-13,24H2,1-4H3,(H,25,31). The number of ketones is 1. The van der Waals surface area contributed by atoms with E-state index in [1.54, 1.807) is 21.9 Å². The van der Waals surface area contributed by atoms with E-state index in [2.05, 4.69) is 5.32 Å². The van der Waals surface area contributed by atoms with Crippen molar-refractivity contribution < 1.29 is 19.2 Å². The molecule has 9 heteroatoms. The summed E-state index contributed by atoms with van der Waals surface area (Å²) < 4.78 is 0. The molecule has 2 saturated heterocycles. The summed E-state index contributed by atoms with van der Waals surface area (Å²) in [5.74, 6) is -0.503. The van der Waals surface area contributed by atoms with Crippen molar-refractivity contribution in [3.63, 3.8) is 0 Å². The van der Waals surface area contributed by atoms with E-state index >= 15 is 0 Å². The van der Waals surface area contributed by atoms with Crippen molar-refractivity contribution >= 4 is 46.0 Å². The van der Waals surface area contributed by atoms with Crippen molar-refractivity contribution in [2.75, 3.05) is 32.1 Å². The molecule has 4 unspecified atom stereocenters. The molecule has 8 nitrogen and oxygen atoms in total. The predicted molar refractivity (Wildman–Crippen MR) is 125 cm³/mol. The fourth-order valence-corrected chi connectivity index (χ4v) is 5.04. The molecule has 0 aromatic heterocycles. The third kappa shape index (κ3) is 5.01. The Morgan fingerprint density at radius 2 is 1.81 bits per heavy atom. The Balaban J connectivity index is 1.76. The number of fused-ring (bicyclic) bond motifs is 1. The molecule has 0 spiro atoms. The molecule has 0 radical (unpaired) electrons. The first-order chi connectivity index (χ1) is 15.1. The molecule has 2 heterocycles. The molecule has 0 aliphatic carbocycles. The molecule has 1 N–H and O–H groups in total. The van der Waals surface area contributed by atoms with Gasteiger partial charge in [-0.2, -0.15) is 0 Å². The van der Waals surface area contributed by atoms with Crippen molar-refractivity contribution in [2.45, 2.75) is 50.0 Å². The first-order valence-corrected chi connectivity index (χ1v) is 12.8. The van der Waals surface area contributed by atoms with Crippen molar-refractivity contribution in [1.82, 2.24) is 15.1 Å². The monoisotopic (exact) mass is 504 g/mol. The summed E-state index contributed by atoms with van der Waals surface area (Å²) in [6.45, 7) is 4.48. The summed E-state index contributed by atoms with van der Waals surface area (Å²) in [5, 5.41) is 3.30. The topological polar surface area (TPSA) is 90.0 Å². The van der Waals surface area contributed by atoms with Gasteiger partial charge >= 0.3 is 161 Å². The number of rotatable bonds is 7. The zero-order valence-electron chi connectivity index (χ0n) is 19.2. The van der Waals surface area contributed by atoms with Crippen LogP contribution in [0.25, 0.3) is 0 Å². The number of benzene rings is 1. The molecule has 0 bridgehead atoms. The normalized spacial score (nSPS) is 21.0. The van der Waals surface area contributed by atoms with Crippen LogP contribution in [0.4, 0.5) is 5.69 Å². The van der Waals surface area contributed by atoms with Crippen LogP contribution in [0, 0.1) is 5.92 Å². The van der Waals surface area contributed by atoms with Gasteiger partial charge in [0.15, 0.2) is 0 Å². The molecule has 174 valence electrons. The number of hydrogen-bond acceptors (Lipinski definition) is 5. The summed E-state index contributed by atoms with van der Waals surface area (Å²) in [6, 6.07) is 5.63. The summed E-state index contributed by atoms with van der Waals surface area (Å²) in [4.78, 5) is 56.5. The van der Waals surface area contributed by atoms with Crippen LogP contribution in [0.15, 0.2) is 24.3 Å². The Bertz CT molecular complexity index is 886. The molecule has 3 rings (SSSR count). The van der Waals surface area contributed by atoms with Crippen molar-refractivity contribution in [3.05, 3.63) is 29.8 Å². The van der Waals surface area contributed by atoms with Crippen LogP contribution in [0.2, 0.25) is 5.21 Å². The molecule has 0 saturated carbocycles. The molecule has 2 aliphatic rings. The first-order valence-electron chi connectivity index (χ1n) is 11.0. The summed E-state index contributed by atoms with van der Waals surface area (Å²) in [7, 11) is 3.85. The minimum absolute atomic E-state index is 0.0339. The SMILES string of the molecule is CC(C)CC(NC(=O)c1ccc(N(C)C)cc1)C(=O)N1CCC2C1C(=O)CN2C(=O)C[AsH2]. The molecule has 4 atom stereocenters. The second kappa shape index (κ2) is 10.1. The second-order valence-electron chi connectivity index (χ2n) is 9.12. The van der Waals surface area contributed by atoms with Gasteiger partial charge in [-0.25, -0.2) is 0 Å². The Morgan fingerprint density at radius 3 is 2.38 bits per heavy atom. The average molecular weight is 504 g/mol. The Kier molecular flexibility index (Phi) is 7.65. The van der Waals surface area contributed by atoms with Crippen LogP contribution in [0.5, 0.6) is 0 Å². The Hall–Kier alpha value is -2.34. The fourth-order valence-electron chi connectivity index (χ4n) is 4.55. The predicted octanol–water partition coefficient (Wildman–Crippen LogP) is 0.329. The van der Waals surface area contributed by atoms with Crippen molar-refractivity contribution in [2.24, 2.45) is 5.92 Å². The summed E-state index contributed by atoms with van der Waals surface area (Å²) >= 11 is 1.31. The van der Waals surface area contributed by atoms with Gasteiger partial charge in [-0.15, -0.1) is 0 Å². The maximum atomic E-state index is 13.5. The van der Waals surface area contributed by atoms with E-state index in [0.29, 0.717) is 30.2 Å². The zero-order valence-corrected chi connectivity index (χ0v) is 21.6. The molecule has 1 aromatic carbocycles. The Labute approximate surface area is 198 Å². The van der Waals surface area contributed by atoms with E-state index in [1.807, 2.05) is 45.0 Å². The maximum absolute atomic E-state index is 13.5. The number of hydrogen-bond donors (Lipinski definition) is 1. The zero-order chi connectivity index (χ0) is 23.6. The third-order valence-electron chi connectivity index (χ3n) is 6.16. The van der Waals surface area contributed by atoms with Gasteiger partial charge in [0, 0.05) is 19.8 Å². The number of Topliss-reactive ketones (excluding diaryl/α,β-unsaturated/α-hetero) is 1. The van der Waals surface area contributed by atoms with Gasteiger partial charge < -0.3 is 4.90 Å². The number of nitrogens with zero attached hydrogens (tertiary/aromatic N) is 3. The molecular weight excluding hydrogens is 471 g/mol. The quantitative estimate of drug-likeness (QED) is 0.541. The molecule has 2 aliphatic heterocycles. The van der Waals surface area contributed by atoms with Gasteiger partial charge in [0.1, 0.15) is 0 Å². The van der Waals surface area contributed by atoms with Gasteiger partial charge in [-0.1, -0.05) is 0 Å².